The van der Waals surface area contributed by atoms with Crippen LogP contribution in [0.1, 0.15) is 0 Å². The summed E-state index contributed by atoms with van der Waals surface area (Å²) < 4.78 is 26.3. The fourth-order valence-corrected chi connectivity index (χ4v) is 2.93. The summed E-state index contributed by atoms with van der Waals surface area (Å²) in [6, 6.07) is 4.21. The second kappa shape index (κ2) is 4.50. The molecule has 1 heterocycles. The highest BCUT2D eigenvalue weighted by Gasteiger charge is 2.24. The van der Waals surface area contributed by atoms with Gasteiger partial charge in [-0.3, -0.25) is 0 Å². The average molecular weight is 281 g/mol. The zero-order chi connectivity index (χ0) is 11.8. The van der Waals surface area contributed by atoms with Crippen molar-refractivity contribution in [3.05, 3.63) is 28.2 Å². The van der Waals surface area contributed by atoms with Crippen molar-refractivity contribution in [3.63, 3.8) is 0 Å². The highest BCUT2D eigenvalue weighted by atomic mass is 35.5. The van der Waals surface area contributed by atoms with Gasteiger partial charge in [-0.25, -0.2) is 13.1 Å². The number of hydrogen-bond donors (Lipinski definition) is 2. The predicted octanol–water partition coefficient (Wildman–Crippen LogP) is 1.24. The van der Waals surface area contributed by atoms with Crippen molar-refractivity contribution in [3.8, 4) is 0 Å². The fraction of sp³-hybridized carbons (Fsp3) is 0.333. The Morgan fingerprint density at radius 2 is 1.94 bits per heavy atom. The van der Waals surface area contributed by atoms with Gasteiger partial charge in [-0.15, -0.1) is 0 Å². The molecule has 2 rings (SSSR count). The first kappa shape index (κ1) is 12.1. The second-order valence-corrected chi connectivity index (χ2v) is 6.08. The van der Waals surface area contributed by atoms with Crippen LogP contribution in [0.25, 0.3) is 0 Å². The summed E-state index contributed by atoms with van der Waals surface area (Å²) in [6.07, 6.45) is 0. The van der Waals surface area contributed by atoms with E-state index in [1.165, 1.54) is 18.2 Å². The van der Waals surface area contributed by atoms with Crippen molar-refractivity contribution in [1.82, 2.24) is 10.0 Å². The lowest BCUT2D eigenvalue weighted by Crippen LogP contribution is -2.56. The first-order valence-corrected chi connectivity index (χ1v) is 6.91. The van der Waals surface area contributed by atoms with Gasteiger partial charge in [0.2, 0.25) is 10.0 Å². The first-order valence-electron chi connectivity index (χ1n) is 4.67. The number of rotatable bonds is 3. The molecule has 0 bridgehead atoms. The largest absolute Gasteiger partial charge is 0.313 e. The average Bonchev–Trinajstić information content (AvgIpc) is 2.16. The van der Waals surface area contributed by atoms with Crippen LogP contribution in [-0.2, 0) is 10.0 Å². The van der Waals surface area contributed by atoms with Gasteiger partial charge in [0, 0.05) is 19.1 Å². The molecule has 1 fully saturated rings. The molecule has 0 aromatic heterocycles. The summed E-state index contributed by atoms with van der Waals surface area (Å²) in [5.41, 5.74) is 0. The monoisotopic (exact) mass is 280 g/mol. The van der Waals surface area contributed by atoms with Crippen LogP contribution in [0.4, 0.5) is 0 Å². The summed E-state index contributed by atoms with van der Waals surface area (Å²) in [5.74, 6) is 0. The van der Waals surface area contributed by atoms with E-state index in [9.17, 15) is 8.42 Å². The van der Waals surface area contributed by atoms with Gasteiger partial charge >= 0.3 is 0 Å². The Hall–Kier alpha value is -0.330. The number of sulfonamides is 1. The highest BCUT2D eigenvalue weighted by molar-refractivity contribution is 7.89. The lowest BCUT2D eigenvalue weighted by Gasteiger charge is -2.27. The van der Waals surface area contributed by atoms with Gasteiger partial charge in [0.05, 0.1) is 14.9 Å². The molecule has 1 aromatic carbocycles. The van der Waals surface area contributed by atoms with Gasteiger partial charge in [0.1, 0.15) is 0 Å². The molecule has 1 aliphatic rings. The van der Waals surface area contributed by atoms with Crippen LogP contribution in [0.15, 0.2) is 23.1 Å². The SMILES string of the molecule is O=S(=O)(NC1CNC1)c1ccc(Cl)c(Cl)c1. The summed E-state index contributed by atoms with van der Waals surface area (Å²) in [5, 5.41) is 3.55. The van der Waals surface area contributed by atoms with Gasteiger partial charge < -0.3 is 5.32 Å². The van der Waals surface area contributed by atoms with Gasteiger partial charge in [-0.2, -0.15) is 0 Å². The van der Waals surface area contributed by atoms with Crippen molar-refractivity contribution in [2.75, 3.05) is 13.1 Å². The van der Waals surface area contributed by atoms with Crippen LogP contribution in [0.2, 0.25) is 10.0 Å². The molecule has 0 atom stereocenters. The van der Waals surface area contributed by atoms with E-state index in [0.29, 0.717) is 18.1 Å². The van der Waals surface area contributed by atoms with Gasteiger partial charge in [0.15, 0.2) is 0 Å². The molecular formula is C9H10Cl2N2O2S. The van der Waals surface area contributed by atoms with Crippen molar-refractivity contribution >= 4 is 33.2 Å². The molecule has 4 nitrogen and oxygen atoms in total. The van der Waals surface area contributed by atoms with Crippen molar-refractivity contribution < 1.29 is 8.42 Å². The quantitative estimate of drug-likeness (QED) is 0.876. The maximum absolute atomic E-state index is 11.9. The molecule has 88 valence electrons. The number of nitrogens with one attached hydrogen (secondary N) is 2. The zero-order valence-corrected chi connectivity index (χ0v) is 10.5. The number of halogens is 2. The molecule has 0 saturated carbocycles. The Morgan fingerprint density at radius 3 is 2.44 bits per heavy atom. The van der Waals surface area contributed by atoms with E-state index in [4.69, 9.17) is 23.2 Å². The van der Waals surface area contributed by atoms with Crippen LogP contribution in [0.5, 0.6) is 0 Å². The van der Waals surface area contributed by atoms with Crippen LogP contribution in [-0.4, -0.2) is 27.5 Å². The minimum absolute atomic E-state index is 0.0422. The molecule has 1 aromatic rings. The van der Waals surface area contributed by atoms with Crippen molar-refractivity contribution in [2.45, 2.75) is 10.9 Å². The molecule has 1 aliphatic heterocycles. The van der Waals surface area contributed by atoms with E-state index in [2.05, 4.69) is 10.0 Å². The Bertz CT molecular complexity index is 500. The van der Waals surface area contributed by atoms with Crippen molar-refractivity contribution in [2.24, 2.45) is 0 Å². The predicted molar refractivity (Wildman–Crippen MR) is 63.4 cm³/mol. The van der Waals surface area contributed by atoms with E-state index in [-0.39, 0.29) is 16.0 Å². The maximum Gasteiger partial charge on any atom is 0.240 e. The third-order valence-electron chi connectivity index (χ3n) is 2.30. The molecule has 0 radical (unpaired) electrons. The Kier molecular flexibility index (Phi) is 3.42. The number of benzene rings is 1. The van der Waals surface area contributed by atoms with Crippen molar-refractivity contribution in [1.29, 1.82) is 0 Å². The Morgan fingerprint density at radius 1 is 1.25 bits per heavy atom. The van der Waals surface area contributed by atoms with Crippen LogP contribution < -0.4 is 10.0 Å². The summed E-state index contributed by atoms with van der Waals surface area (Å²) in [4.78, 5) is 0.133. The maximum atomic E-state index is 11.9. The summed E-state index contributed by atoms with van der Waals surface area (Å²) in [6.45, 7) is 1.31. The van der Waals surface area contributed by atoms with Crippen LogP contribution in [0.3, 0.4) is 0 Å². The second-order valence-electron chi connectivity index (χ2n) is 3.55. The standard InChI is InChI=1S/C9H10Cl2N2O2S/c10-8-2-1-7(3-9(8)11)16(14,15)13-6-4-12-5-6/h1-3,6,12-13H,4-5H2. The molecule has 0 unspecified atom stereocenters. The van der Waals surface area contributed by atoms with Gasteiger partial charge in [-0.05, 0) is 18.2 Å². The van der Waals surface area contributed by atoms with E-state index in [1.807, 2.05) is 0 Å². The van der Waals surface area contributed by atoms with Gasteiger partial charge in [0.25, 0.3) is 0 Å². The lowest BCUT2D eigenvalue weighted by atomic mass is 10.2. The minimum atomic E-state index is -3.49. The lowest BCUT2D eigenvalue weighted by molar-refractivity contribution is 0.410. The minimum Gasteiger partial charge on any atom is -0.313 e. The topological polar surface area (TPSA) is 58.2 Å². The Balaban J connectivity index is 2.24. The van der Waals surface area contributed by atoms with E-state index in [1.54, 1.807) is 0 Å². The molecule has 16 heavy (non-hydrogen) atoms. The fourth-order valence-electron chi connectivity index (χ4n) is 1.30. The number of hydrogen-bond acceptors (Lipinski definition) is 3. The molecule has 2 N–H and O–H groups in total. The van der Waals surface area contributed by atoms with Crippen LogP contribution in [0, 0.1) is 0 Å². The van der Waals surface area contributed by atoms with Gasteiger partial charge in [-0.1, -0.05) is 23.2 Å². The normalized spacial score (nSPS) is 17.1. The molecule has 1 saturated heterocycles. The zero-order valence-electron chi connectivity index (χ0n) is 8.20. The molecule has 0 amide bonds. The third kappa shape index (κ3) is 2.49. The molecule has 0 aliphatic carbocycles. The van der Waals surface area contributed by atoms with E-state index < -0.39 is 10.0 Å². The highest BCUT2D eigenvalue weighted by Crippen LogP contribution is 2.24. The van der Waals surface area contributed by atoms with E-state index >= 15 is 0 Å². The Labute approximate surface area is 104 Å². The molecule has 7 heteroatoms. The smallest absolute Gasteiger partial charge is 0.240 e. The summed E-state index contributed by atoms with van der Waals surface area (Å²) >= 11 is 11.5. The first-order chi connectivity index (χ1) is 7.49. The molecule has 0 spiro atoms. The summed E-state index contributed by atoms with van der Waals surface area (Å²) in [7, 11) is -3.49. The molecular weight excluding hydrogens is 271 g/mol. The van der Waals surface area contributed by atoms with E-state index in [0.717, 1.165) is 0 Å². The van der Waals surface area contributed by atoms with Crippen LogP contribution >= 0.6 is 23.2 Å². The third-order valence-corrected chi connectivity index (χ3v) is 4.56.